The van der Waals surface area contributed by atoms with Crippen molar-refractivity contribution in [3.05, 3.63) is 22.3 Å². The summed E-state index contributed by atoms with van der Waals surface area (Å²) in [6.45, 7) is 4.50. The van der Waals surface area contributed by atoms with Gasteiger partial charge in [-0.15, -0.1) is 0 Å². The van der Waals surface area contributed by atoms with Crippen molar-refractivity contribution >= 4 is 37.0 Å². The lowest BCUT2D eigenvalue weighted by molar-refractivity contribution is -0.0895. The highest BCUT2D eigenvalue weighted by Gasteiger charge is 2.36. The zero-order valence-electron chi connectivity index (χ0n) is 6.62. The lowest BCUT2D eigenvalue weighted by Gasteiger charge is -2.11. The molecule has 0 radical (unpaired) electrons. The molecule has 0 aliphatic carbocycles. The highest BCUT2D eigenvalue weighted by Crippen LogP contribution is 2.35. The SMILES string of the molecule is C=C(C)/C(=C(Br)\N=C\Br)C(F)(F)F. The first-order chi connectivity index (χ1) is 5.80. The van der Waals surface area contributed by atoms with E-state index in [4.69, 9.17) is 0 Å². The molecular weight excluding hydrogens is 315 g/mol. The third kappa shape index (κ3) is 4.08. The van der Waals surface area contributed by atoms with Crippen LogP contribution in [-0.4, -0.2) is 11.3 Å². The van der Waals surface area contributed by atoms with Gasteiger partial charge in [0.05, 0.1) is 10.7 Å². The average molecular weight is 321 g/mol. The smallest absolute Gasteiger partial charge is 0.241 e. The van der Waals surface area contributed by atoms with Crippen LogP contribution in [0.3, 0.4) is 0 Å². The van der Waals surface area contributed by atoms with E-state index in [1.807, 2.05) is 0 Å². The van der Waals surface area contributed by atoms with Crippen LogP contribution in [0.2, 0.25) is 0 Å². The summed E-state index contributed by atoms with van der Waals surface area (Å²) in [6, 6.07) is 0. The van der Waals surface area contributed by atoms with Gasteiger partial charge in [0.1, 0.15) is 4.61 Å². The molecule has 0 saturated carbocycles. The Hall–Kier alpha value is -0.100. The predicted molar refractivity (Wildman–Crippen MR) is 54.2 cm³/mol. The Bertz CT molecular complexity index is 265. The van der Waals surface area contributed by atoms with Crippen LogP contribution in [0, 0.1) is 0 Å². The van der Waals surface area contributed by atoms with Crippen molar-refractivity contribution in [2.45, 2.75) is 13.1 Å². The Morgan fingerprint density at radius 2 is 1.92 bits per heavy atom. The van der Waals surface area contributed by atoms with Gasteiger partial charge in [-0.1, -0.05) is 6.58 Å². The minimum atomic E-state index is -4.44. The molecule has 0 rings (SSSR count). The number of allylic oxidation sites excluding steroid dienone is 2. The topological polar surface area (TPSA) is 12.4 Å². The Kier molecular flexibility index (Phi) is 4.91. The van der Waals surface area contributed by atoms with E-state index in [-0.39, 0.29) is 10.2 Å². The lowest BCUT2D eigenvalue weighted by atomic mass is 10.1. The number of aliphatic imine (C=N–C) groups is 1. The van der Waals surface area contributed by atoms with Gasteiger partial charge in [0.15, 0.2) is 0 Å². The molecule has 0 bridgehead atoms. The van der Waals surface area contributed by atoms with Crippen molar-refractivity contribution in [1.29, 1.82) is 0 Å². The van der Waals surface area contributed by atoms with Crippen LogP contribution in [0.1, 0.15) is 6.92 Å². The summed E-state index contributed by atoms with van der Waals surface area (Å²) in [6.07, 6.45) is -4.44. The third-order valence-corrected chi connectivity index (χ3v) is 1.88. The molecule has 0 aromatic carbocycles. The van der Waals surface area contributed by atoms with Gasteiger partial charge >= 0.3 is 6.18 Å². The molecule has 0 aliphatic heterocycles. The minimum absolute atomic E-state index is 0.0857. The monoisotopic (exact) mass is 319 g/mol. The first-order valence-electron chi connectivity index (χ1n) is 3.06. The zero-order valence-corrected chi connectivity index (χ0v) is 9.79. The van der Waals surface area contributed by atoms with Crippen molar-refractivity contribution in [3.8, 4) is 0 Å². The van der Waals surface area contributed by atoms with Crippen LogP contribution in [0.15, 0.2) is 27.3 Å². The molecule has 0 fully saturated rings. The van der Waals surface area contributed by atoms with Gasteiger partial charge in [-0.3, -0.25) is 0 Å². The number of nitrogens with zero attached hydrogens (tertiary/aromatic N) is 1. The maximum atomic E-state index is 12.3. The average Bonchev–Trinajstić information content (AvgIpc) is 1.82. The van der Waals surface area contributed by atoms with Crippen LogP contribution in [-0.2, 0) is 0 Å². The first kappa shape index (κ1) is 12.9. The number of hydrogen-bond donors (Lipinski definition) is 0. The number of halogens is 5. The molecule has 6 heteroatoms. The molecular formula is C7H6Br2F3N. The minimum Gasteiger partial charge on any atom is -0.241 e. The fourth-order valence-corrected chi connectivity index (χ4v) is 1.79. The molecule has 0 amide bonds. The molecule has 74 valence electrons. The summed E-state index contributed by atoms with van der Waals surface area (Å²) in [5.74, 6) is 0. The highest BCUT2D eigenvalue weighted by molar-refractivity contribution is 9.17. The van der Waals surface area contributed by atoms with E-state index in [1.54, 1.807) is 0 Å². The van der Waals surface area contributed by atoms with Gasteiger partial charge in [0, 0.05) is 0 Å². The third-order valence-electron chi connectivity index (χ3n) is 1.08. The van der Waals surface area contributed by atoms with Gasteiger partial charge in [-0.25, -0.2) is 4.99 Å². The zero-order chi connectivity index (χ0) is 10.6. The van der Waals surface area contributed by atoms with E-state index in [0.29, 0.717) is 0 Å². The van der Waals surface area contributed by atoms with E-state index < -0.39 is 11.7 Å². The fourth-order valence-electron chi connectivity index (χ4n) is 0.642. The van der Waals surface area contributed by atoms with Crippen LogP contribution in [0.25, 0.3) is 0 Å². The summed E-state index contributed by atoms with van der Waals surface area (Å²) in [7, 11) is 0. The Labute approximate surface area is 90.7 Å². The van der Waals surface area contributed by atoms with Crippen molar-refractivity contribution in [3.63, 3.8) is 0 Å². The number of hydrogen-bond acceptors (Lipinski definition) is 1. The normalized spacial score (nSPS) is 14.6. The van der Waals surface area contributed by atoms with Gasteiger partial charge in [0.25, 0.3) is 0 Å². The molecule has 0 atom stereocenters. The van der Waals surface area contributed by atoms with Gasteiger partial charge < -0.3 is 0 Å². The molecule has 0 aromatic heterocycles. The molecule has 0 saturated heterocycles. The molecule has 0 unspecified atom stereocenters. The molecule has 0 aliphatic rings. The summed E-state index contributed by atoms with van der Waals surface area (Å²) >= 11 is 5.49. The van der Waals surface area contributed by atoms with Crippen LogP contribution >= 0.6 is 31.9 Å². The number of alkyl halides is 3. The molecule has 0 spiro atoms. The van der Waals surface area contributed by atoms with Gasteiger partial charge in [-0.05, 0) is 44.4 Å². The maximum Gasteiger partial charge on any atom is 0.419 e. The van der Waals surface area contributed by atoms with Crippen LogP contribution in [0.5, 0.6) is 0 Å². The second-order valence-electron chi connectivity index (χ2n) is 2.17. The van der Waals surface area contributed by atoms with E-state index in [9.17, 15) is 13.2 Å². The van der Waals surface area contributed by atoms with Gasteiger partial charge in [0.2, 0.25) is 0 Å². The molecule has 0 N–H and O–H groups in total. The lowest BCUT2D eigenvalue weighted by Crippen LogP contribution is -2.13. The van der Waals surface area contributed by atoms with Crippen LogP contribution < -0.4 is 0 Å². The summed E-state index contributed by atoms with van der Waals surface area (Å²) in [5, 5.41) is 1.09. The largest absolute Gasteiger partial charge is 0.419 e. The molecule has 13 heavy (non-hydrogen) atoms. The van der Waals surface area contributed by atoms with Crippen molar-refractivity contribution in [2.75, 3.05) is 0 Å². The van der Waals surface area contributed by atoms with Crippen molar-refractivity contribution in [1.82, 2.24) is 0 Å². The molecule has 0 aromatic rings. The first-order valence-corrected chi connectivity index (χ1v) is 4.77. The predicted octanol–water partition coefficient (Wildman–Crippen LogP) is 4.15. The molecule has 1 nitrogen and oxygen atoms in total. The van der Waals surface area contributed by atoms with Crippen LogP contribution in [0.4, 0.5) is 13.2 Å². The quantitative estimate of drug-likeness (QED) is 0.411. The fraction of sp³-hybridized carbons (Fsp3) is 0.286. The maximum absolute atomic E-state index is 12.3. The van der Waals surface area contributed by atoms with E-state index in [2.05, 4.69) is 43.4 Å². The molecule has 0 heterocycles. The Morgan fingerprint density at radius 3 is 2.15 bits per heavy atom. The van der Waals surface area contributed by atoms with Crippen molar-refractivity contribution < 1.29 is 13.2 Å². The highest BCUT2D eigenvalue weighted by atomic mass is 79.9. The van der Waals surface area contributed by atoms with Crippen molar-refractivity contribution in [2.24, 2.45) is 4.99 Å². The standard InChI is InChI=1S/C7H6Br2F3N/c1-4(2)5(7(10,11)12)6(9)13-3-8/h3H,1H2,2H3/b6-5+,13-3+. The second-order valence-corrected chi connectivity index (χ2v) is 3.33. The summed E-state index contributed by atoms with van der Waals surface area (Å²) in [4.78, 5) is 3.42. The van der Waals surface area contributed by atoms with Gasteiger partial charge in [-0.2, -0.15) is 13.2 Å². The Morgan fingerprint density at radius 1 is 1.46 bits per heavy atom. The summed E-state index contributed by atoms with van der Waals surface area (Å²) < 4.78 is 36.6. The van der Waals surface area contributed by atoms with E-state index >= 15 is 0 Å². The second kappa shape index (κ2) is 4.95. The Balaban J connectivity index is 5.26. The van der Waals surface area contributed by atoms with E-state index in [1.165, 1.54) is 6.92 Å². The number of rotatable bonds is 2. The summed E-state index contributed by atoms with van der Waals surface area (Å²) in [5.41, 5.74) is -0.944. The van der Waals surface area contributed by atoms with E-state index in [0.717, 1.165) is 5.12 Å².